The standard InChI is InChI=1S/C25H37O8PS/c1-8-32-34(26,33-9-2)18-30-22-14-19(3)24(20(4)15-22)16-21-10-12-23(13-11-21)35(27,28)25(5,6)31-17-29-7/h10-15H,8-9,16-18H2,1-7H3. The van der Waals surface area contributed by atoms with Gasteiger partial charge in [0.15, 0.2) is 11.3 Å². The Morgan fingerprint density at radius 2 is 1.49 bits per heavy atom. The zero-order chi connectivity index (χ0) is 26.3. The predicted octanol–water partition coefficient (Wildman–Crippen LogP) is 5.63. The van der Waals surface area contributed by atoms with Crippen molar-refractivity contribution in [2.24, 2.45) is 0 Å². The van der Waals surface area contributed by atoms with Gasteiger partial charge in [-0.2, -0.15) is 0 Å². The van der Waals surface area contributed by atoms with Gasteiger partial charge in [-0.1, -0.05) is 12.1 Å². The summed E-state index contributed by atoms with van der Waals surface area (Å²) in [6.45, 7) is 10.9. The summed E-state index contributed by atoms with van der Waals surface area (Å²) in [6.07, 6.45) is 0.464. The first-order valence-electron chi connectivity index (χ1n) is 11.5. The van der Waals surface area contributed by atoms with E-state index in [-0.39, 0.29) is 31.3 Å². The van der Waals surface area contributed by atoms with E-state index in [9.17, 15) is 13.0 Å². The third-order valence-corrected chi connectivity index (χ3v) is 9.55. The second-order valence-electron chi connectivity index (χ2n) is 8.53. The fourth-order valence-electron chi connectivity index (χ4n) is 3.53. The monoisotopic (exact) mass is 528 g/mol. The molecule has 2 aromatic carbocycles. The number of hydrogen-bond acceptors (Lipinski definition) is 8. The van der Waals surface area contributed by atoms with Gasteiger partial charge >= 0.3 is 7.60 Å². The van der Waals surface area contributed by atoms with Gasteiger partial charge in [0.05, 0.1) is 18.1 Å². The summed E-state index contributed by atoms with van der Waals surface area (Å²) in [4.78, 5) is -1.23. The molecule has 10 heteroatoms. The Balaban J connectivity index is 2.17. The second kappa shape index (κ2) is 12.5. The van der Waals surface area contributed by atoms with Crippen molar-refractivity contribution < 1.29 is 36.2 Å². The van der Waals surface area contributed by atoms with Crippen molar-refractivity contribution in [3.05, 3.63) is 58.7 Å². The van der Waals surface area contributed by atoms with Crippen molar-refractivity contribution in [3.8, 4) is 5.75 Å². The van der Waals surface area contributed by atoms with Crippen LogP contribution in [0, 0.1) is 13.8 Å². The SMILES string of the molecule is CCOP(=O)(COc1cc(C)c(Cc2ccc(S(=O)(=O)C(C)(C)OCOC)cc2)c(C)c1)OCC. The third kappa shape index (κ3) is 7.62. The first-order chi connectivity index (χ1) is 16.4. The van der Waals surface area contributed by atoms with Crippen LogP contribution in [0.1, 0.15) is 49.9 Å². The third-order valence-electron chi connectivity index (χ3n) is 5.50. The molecule has 0 aliphatic carbocycles. The van der Waals surface area contributed by atoms with E-state index < -0.39 is 22.4 Å². The van der Waals surface area contributed by atoms with Gasteiger partial charge in [-0.05, 0) is 94.5 Å². The highest BCUT2D eigenvalue weighted by Crippen LogP contribution is 2.48. The highest BCUT2D eigenvalue weighted by molar-refractivity contribution is 7.92. The Hall–Kier alpha value is -1.74. The van der Waals surface area contributed by atoms with E-state index in [1.165, 1.54) is 21.0 Å². The number of sulfone groups is 1. The Morgan fingerprint density at radius 3 is 1.97 bits per heavy atom. The summed E-state index contributed by atoms with van der Waals surface area (Å²) in [5, 5.41) is 0. The Labute approximate surface area is 209 Å². The summed E-state index contributed by atoms with van der Waals surface area (Å²) in [6, 6.07) is 10.6. The van der Waals surface area contributed by atoms with Crippen LogP contribution in [-0.2, 0) is 39.3 Å². The van der Waals surface area contributed by atoms with Crippen LogP contribution in [0.2, 0.25) is 0 Å². The summed E-state index contributed by atoms with van der Waals surface area (Å²) in [7, 11) is -5.57. The zero-order valence-corrected chi connectivity index (χ0v) is 23.3. The van der Waals surface area contributed by atoms with Gasteiger partial charge in [-0.15, -0.1) is 0 Å². The van der Waals surface area contributed by atoms with Crippen LogP contribution in [0.4, 0.5) is 0 Å². The topological polar surface area (TPSA) is 97.4 Å². The van der Waals surface area contributed by atoms with E-state index in [0.717, 1.165) is 22.3 Å². The first-order valence-corrected chi connectivity index (χ1v) is 14.7. The summed E-state index contributed by atoms with van der Waals surface area (Å²) < 4.78 is 65.1. The maximum atomic E-state index is 13.0. The summed E-state index contributed by atoms with van der Waals surface area (Å²) in [5.74, 6) is 0.586. The molecule has 0 bridgehead atoms. The Morgan fingerprint density at radius 1 is 0.943 bits per heavy atom. The molecule has 196 valence electrons. The maximum absolute atomic E-state index is 13.0. The van der Waals surface area contributed by atoms with Crippen molar-refractivity contribution in [2.75, 3.05) is 33.5 Å². The average molecular weight is 529 g/mol. The first kappa shape index (κ1) is 29.5. The van der Waals surface area contributed by atoms with Crippen molar-refractivity contribution >= 4 is 17.4 Å². The van der Waals surface area contributed by atoms with E-state index in [2.05, 4.69) is 0 Å². The minimum Gasteiger partial charge on any atom is -0.481 e. The van der Waals surface area contributed by atoms with Gasteiger partial charge in [-0.3, -0.25) is 4.57 Å². The molecule has 0 spiro atoms. The van der Waals surface area contributed by atoms with Crippen LogP contribution >= 0.6 is 7.60 Å². The largest absolute Gasteiger partial charge is 0.481 e. The molecule has 2 aromatic rings. The molecule has 0 N–H and O–H groups in total. The van der Waals surface area contributed by atoms with Crippen molar-refractivity contribution in [1.29, 1.82) is 0 Å². The average Bonchev–Trinajstić information content (AvgIpc) is 2.79. The molecule has 0 radical (unpaired) electrons. The molecule has 35 heavy (non-hydrogen) atoms. The molecule has 0 aliphatic rings. The summed E-state index contributed by atoms with van der Waals surface area (Å²) >= 11 is 0. The molecule has 0 fully saturated rings. The normalized spacial score (nSPS) is 12.7. The zero-order valence-electron chi connectivity index (χ0n) is 21.6. The number of rotatable bonds is 14. The van der Waals surface area contributed by atoms with Gasteiger partial charge in [0.1, 0.15) is 12.5 Å². The molecule has 0 unspecified atom stereocenters. The van der Waals surface area contributed by atoms with Gasteiger partial charge < -0.3 is 23.3 Å². The van der Waals surface area contributed by atoms with E-state index in [4.69, 9.17) is 23.3 Å². The van der Waals surface area contributed by atoms with Crippen LogP contribution < -0.4 is 4.74 Å². The van der Waals surface area contributed by atoms with Gasteiger partial charge in [0, 0.05) is 7.11 Å². The molecule has 0 aromatic heterocycles. The van der Waals surface area contributed by atoms with Crippen LogP contribution in [-0.4, -0.2) is 46.8 Å². The number of aryl methyl sites for hydroxylation is 2. The van der Waals surface area contributed by atoms with Crippen LogP contribution in [0.3, 0.4) is 0 Å². The molecule has 8 nitrogen and oxygen atoms in total. The molecular weight excluding hydrogens is 491 g/mol. The number of ether oxygens (including phenoxy) is 3. The van der Waals surface area contributed by atoms with Crippen LogP contribution in [0.25, 0.3) is 0 Å². The maximum Gasteiger partial charge on any atom is 0.367 e. The number of hydrogen-bond donors (Lipinski definition) is 0. The lowest BCUT2D eigenvalue weighted by Crippen LogP contribution is -2.35. The van der Waals surface area contributed by atoms with Crippen LogP contribution in [0.5, 0.6) is 5.75 Å². The second-order valence-corrected chi connectivity index (χ2v) is 13.0. The summed E-state index contributed by atoms with van der Waals surface area (Å²) in [5.41, 5.74) is 4.09. The smallest absolute Gasteiger partial charge is 0.367 e. The molecule has 0 saturated carbocycles. The van der Waals surface area contributed by atoms with E-state index >= 15 is 0 Å². The van der Waals surface area contributed by atoms with E-state index in [1.807, 2.05) is 38.1 Å². The highest BCUT2D eigenvalue weighted by Gasteiger charge is 2.36. The molecule has 2 rings (SSSR count). The van der Waals surface area contributed by atoms with Crippen molar-refractivity contribution in [3.63, 3.8) is 0 Å². The molecule has 0 aliphatic heterocycles. The predicted molar refractivity (Wildman–Crippen MR) is 136 cm³/mol. The van der Waals surface area contributed by atoms with Crippen molar-refractivity contribution in [2.45, 2.75) is 57.8 Å². The molecular formula is C25H37O8PS. The fourth-order valence-corrected chi connectivity index (χ4v) is 6.11. The molecule has 0 heterocycles. The minimum atomic E-state index is -3.71. The lowest BCUT2D eigenvalue weighted by molar-refractivity contribution is -0.0772. The minimum absolute atomic E-state index is 0.114. The fraction of sp³-hybridized carbons (Fsp3) is 0.520. The number of methoxy groups -OCH3 is 1. The number of benzene rings is 2. The molecule has 0 saturated heterocycles. The van der Waals surface area contributed by atoms with E-state index in [0.29, 0.717) is 12.2 Å². The highest BCUT2D eigenvalue weighted by atomic mass is 32.2. The lowest BCUT2D eigenvalue weighted by Gasteiger charge is -2.25. The Kier molecular flexibility index (Phi) is 10.5. The van der Waals surface area contributed by atoms with Crippen molar-refractivity contribution in [1.82, 2.24) is 0 Å². The van der Waals surface area contributed by atoms with Gasteiger partial charge in [0.25, 0.3) is 0 Å². The lowest BCUT2D eigenvalue weighted by atomic mass is 9.96. The molecule has 0 atom stereocenters. The Bertz CT molecular complexity index is 1090. The van der Waals surface area contributed by atoms with Gasteiger partial charge in [0.2, 0.25) is 9.84 Å². The van der Waals surface area contributed by atoms with Crippen LogP contribution in [0.15, 0.2) is 41.3 Å². The van der Waals surface area contributed by atoms with Gasteiger partial charge in [-0.25, -0.2) is 8.42 Å². The quantitative estimate of drug-likeness (QED) is 0.230. The van der Waals surface area contributed by atoms with E-state index in [1.54, 1.807) is 26.0 Å². The molecule has 0 amide bonds.